The van der Waals surface area contributed by atoms with Gasteiger partial charge in [-0.2, -0.15) is 0 Å². The van der Waals surface area contributed by atoms with Crippen LogP contribution in [0.3, 0.4) is 0 Å². The first-order chi connectivity index (χ1) is 7.15. The lowest BCUT2D eigenvalue weighted by Gasteiger charge is -2.13. The number of benzene rings is 1. The van der Waals surface area contributed by atoms with Crippen LogP contribution in [0.25, 0.3) is 0 Å². The van der Waals surface area contributed by atoms with Crippen LogP contribution in [0.5, 0.6) is 0 Å². The zero-order chi connectivity index (χ0) is 11.3. The fourth-order valence-electron chi connectivity index (χ4n) is 1.61. The lowest BCUT2D eigenvalue weighted by atomic mass is 9.97. The molecule has 0 aliphatic carbocycles. The third-order valence-corrected chi connectivity index (χ3v) is 2.32. The van der Waals surface area contributed by atoms with Crippen LogP contribution in [0.2, 0.25) is 0 Å². The summed E-state index contributed by atoms with van der Waals surface area (Å²) in [6, 6.07) is 7.15. The molecule has 82 valence electrons. The van der Waals surface area contributed by atoms with Crippen LogP contribution in [0.1, 0.15) is 37.0 Å². The molecule has 0 bridgehead atoms. The van der Waals surface area contributed by atoms with E-state index in [0.717, 1.165) is 12.0 Å². The first-order valence-electron chi connectivity index (χ1n) is 5.12. The molecule has 0 heterocycles. The van der Waals surface area contributed by atoms with Crippen LogP contribution in [-0.2, 0) is 11.2 Å². The van der Waals surface area contributed by atoms with E-state index in [0.29, 0.717) is 12.0 Å². The van der Waals surface area contributed by atoms with E-state index in [4.69, 9.17) is 5.11 Å². The molecule has 1 aromatic carbocycles. The second-order valence-electron chi connectivity index (χ2n) is 3.57. The van der Waals surface area contributed by atoms with Crippen molar-refractivity contribution in [1.29, 1.82) is 0 Å². The molecule has 0 aliphatic rings. The summed E-state index contributed by atoms with van der Waals surface area (Å²) in [5.74, 6) is -0.869. The van der Waals surface area contributed by atoms with E-state index in [-0.39, 0.29) is 6.42 Å². The number of rotatable bonds is 5. The highest BCUT2D eigenvalue weighted by atomic mass is 16.4. The molecule has 0 aliphatic heterocycles. The first kappa shape index (κ1) is 11.7. The van der Waals surface area contributed by atoms with Crippen molar-refractivity contribution in [3.63, 3.8) is 0 Å². The summed E-state index contributed by atoms with van der Waals surface area (Å²) in [7, 11) is 0. The van der Waals surface area contributed by atoms with Crippen LogP contribution in [-0.4, -0.2) is 16.2 Å². The van der Waals surface area contributed by atoms with Gasteiger partial charge < -0.3 is 10.2 Å². The van der Waals surface area contributed by atoms with Gasteiger partial charge in [-0.25, -0.2) is 0 Å². The highest BCUT2D eigenvalue weighted by Crippen LogP contribution is 2.22. The Balaban J connectivity index is 2.89. The van der Waals surface area contributed by atoms with Crippen molar-refractivity contribution in [3.8, 4) is 0 Å². The summed E-state index contributed by atoms with van der Waals surface area (Å²) in [5.41, 5.74) is 1.44. The number of carboxylic acid groups (broad SMARTS) is 1. The molecule has 0 saturated carbocycles. The highest BCUT2D eigenvalue weighted by molar-refractivity contribution is 5.70. The molecule has 0 amide bonds. The quantitative estimate of drug-likeness (QED) is 0.779. The van der Waals surface area contributed by atoms with E-state index in [1.54, 1.807) is 18.2 Å². The van der Waals surface area contributed by atoms with Gasteiger partial charge >= 0.3 is 5.97 Å². The van der Waals surface area contributed by atoms with Gasteiger partial charge in [-0.3, -0.25) is 4.79 Å². The molecule has 0 spiro atoms. The largest absolute Gasteiger partial charge is 0.481 e. The summed E-state index contributed by atoms with van der Waals surface area (Å²) in [5, 5.41) is 18.5. The average molecular weight is 208 g/mol. The van der Waals surface area contributed by atoms with Gasteiger partial charge in [0, 0.05) is 0 Å². The molecular weight excluding hydrogens is 192 g/mol. The molecular formula is C12H16O3. The van der Waals surface area contributed by atoms with Crippen molar-refractivity contribution >= 4 is 5.97 Å². The Morgan fingerprint density at radius 2 is 2.07 bits per heavy atom. The topological polar surface area (TPSA) is 57.5 Å². The van der Waals surface area contributed by atoms with Crippen LogP contribution >= 0.6 is 0 Å². The van der Waals surface area contributed by atoms with Gasteiger partial charge in [-0.15, -0.1) is 0 Å². The molecule has 0 radical (unpaired) electrons. The van der Waals surface area contributed by atoms with E-state index < -0.39 is 12.1 Å². The minimum atomic E-state index is -0.869. The van der Waals surface area contributed by atoms with Crippen LogP contribution in [0.4, 0.5) is 0 Å². The lowest BCUT2D eigenvalue weighted by molar-refractivity contribution is -0.136. The molecule has 1 unspecified atom stereocenters. The van der Waals surface area contributed by atoms with Gasteiger partial charge in [0.25, 0.3) is 0 Å². The zero-order valence-corrected chi connectivity index (χ0v) is 8.81. The molecule has 1 aromatic rings. The van der Waals surface area contributed by atoms with Crippen LogP contribution < -0.4 is 0 Å². The maximum atomic E-state index is 10.6. The summed E-state index contributed by atoms with van der Waals surface area (Å²) in [6.07, 6.45) is 0.960. The Labute approximate surface area is 89.4 Å². The first-order valence-corrected chi connectivity index (χ1v) is 5.12. The zero-order valence-electron chi connectivity index (χ0n) is 8.81. The standard InChI is InChI=1S/C12H16O3/c1-2-5-11(13)10-7-4-3-6-9(10)8-12(14)15/h3-4,6-7,11,13H,2,5,8H2,1H3,(H,14,15). The van der Waals surface area contributed by atoms with E-state index in [1.165, 1.54) is 0 Å². The van der Waals surface area contributed by atoms with Crippen molar-refractivity contribution in [2.45, 2.75) is 32.3 Å². The van der Waals surface area contributed by atoms with Crippen molar-refractivity contribution < 1.29 is 15.0 Å². The predicted octanol–water partition coefficient (Wildman–Crippen LogP) is 2.15. The molecule has 0 fully saturated rings. The highest BCUT2D eigenvalue weighted by Gasteiger charge is 2.12. The fraction of sp³-hybridized carbons (Fsp3) is 0.417. The van der Waals surface area contributed by atoms with Crippen molar-refractivity contribution in [3.05, 3.63) is 35.4 Å². The van der Waals surface area contributed by atoms with Gasteiger partial charge in [0.1, 0.15) is 0 Å². The number of carbonyl (C=O) groups is 1. The third-order valence-electron chi connectivity index (χ3n) is 2.32. The maximum Gasteiger partial charge on any atom is 0.307 e. The molecule has 3 nitrogen and oxygen atoms in total. The van der Waals surface area contributed by atoms with E-state index >= 15 is 0 Å². The number of hydrogen-bond donors (Lipinski definition) is 2. The smallest absolute Gasteiger partial charge is 0.307 e. The Morgan fingerprint density at radius 3 is 2.67 bits per heavy atom. The molecule has 1 atom stereocenters. The molecule has 3 heteroatoms. The van der Waals surface area contributed by atoms with E-state index in [9.17, 15) is 9.90 Å². The van der Waals surface area contributed by atoms with Gasteiger partial charge in [-0.1, -0.05) is 37.6 Å². The number of aliphatic carboxylic acids is 1. The van der Waals surface area contributed by atoms with E-state index in [1.807, 2.05) is 13.0 Å². The van der Waals surface area contributed by atoms with Crippen LogP contribution in [0.15, 0.2) is 24.3 Å². The minimum Gasteiger partial charge on any atom is -0.481 e. The van der Waals surface area contributed by atoms with Gasteiger partial charge in [0.05, 0.1) is 12.5 Å². The lowest BCUT2D eigenvalue weighted by Crippen LogP contribution is -2.06. The van der Waals surface area contributed by atoms with Crippen LogP contribution in [0, 0.1) is 0 Å². The fourth-order valence-corrected chi connectivity index (χ4v) is 1.61. The Morgan fingerprint density at radius 1 is 1.40 bits per heavy atom. The monoisotopic (exact) mass is 208 g/mol. The van der Waals surface area contributed by atoms with Gasteiger partial charge in [-0.05, 0) is 17.5 Å². The molecule has 1 rings (SSSR count). The summed E-state index contributed by atoms with van der Waals surface area (Å²) in [4.78, 5) is 10.6. The Bertz CT molecular complexity index is 333. The summed E-state index contributed by atoms with van der Waals surface area (Å²) >= 11 is 0. The second-order valence-corrected chi connectivity index (χ2v) is 3.57. The summed E-state index contributed by atoms with van der Waals surface area (Å²) < 4.78 is 0. The van der Waals surface area contributed by atoms with Crippen molar-refractivity contribution in [1.82, 2.24) is 0 Å². The Kier molecular flexibility index (Phi) is 4.31. The number of aliphatic hydroxyl groups excluding tert-OH is 1. The average Bonchev–Trinajstić information content (AvgIpc) is 2.18. The summed E-state index contributed by atoms with van der Waals surface area (Å²) in [6.45, 7) is 1.99. The second kappa shape index (κ2) is 5.51. The third kappa shape index (κ3) is 3.36. The van der Waals surface area contributed by atoms with Gasteiger partial charge in [0.15, 0.2) is 0 Å². The SMILES string of the molecule is CCCC(O)c1ccccc1CC(=O)O. The Hall–Kier alpha value is -1.35. The number of aliphatic hydroxyl groups is 1. The molecule has 0 saturated heterocycles. The number of carboxylic acids is 1. The minimum absolute atomic E-state index is 0.0308. The molecule has 0 aromatic heterocycles. The number of hydrogen-bond acceptors (Lipinski definition) is 2. The maximum absolute atomic E-state index is 10.6. The molecule has 2 N–H and O–H groups in total. The van der Waals surface area contributed by atoms with E-state index in [2.05, 4.69) is 0 Å². The predicted molar refractivity (Wildman–Crippen MR) is 57.6 cm³/mol. The molecule has 15 heavy (non-hydrogen) atoms. The van der Waals surface area contributed by atoms with Crippen molar-refractivity contribution in [2.75, 3.05) is 0 Å². The van der Waals surface area contributed by atoms with Crippen molar-refractivity contribution in [2.24, 2.45) is 0 Å². The van der Waals surface area contributed by atoms with Gasteiger partial charge in [0.2, 0.25) is 0 Å². The normalized spacial score (nSPS) is 12.4.